The van der Waals surface area contributed by atoms with Crippen LogP contribution in [0.4, 0.5) is 16.8 Å². The molecule has 0 saturated carbocycles. The normalized spacial score (nSPS) is 19.2. The summed E-state index contributed by atoms with van der Waals surface area (Å²) in [7, 11) is 1.71. The standard InChI is InChI=1S/C19H21N9O5S3/c1-27-11(21)2-10(20)25-19(27)36-6-8-5-34-16-13(15(30)28(16)14(8)17(31)32)26-12(29)3-23-33-4-9-7-35-18(22)24-9/h2-3,7,13,16H,4-6H2,1H3,(H7,20,21,22,24,26,29,31,32)/b23-3-. The van der Waals surface area contributed by atoms with Crippen LogP contribution >= 0.6 is 34.9 Å². The number of carbonyl (C=O) groups excluding carboxylic acids is 3. The summed E-state index contributed by atoms with van der Waals surface area (Å²) >= 11 is 3.81. The first-order valence-electron chi connectivity index (χ1n) is 10.2. The molecular formula is C19H21N9O5S3. The number of anilines is 3. The highest BCUT2D eigenvalue weighted by atomic mass is 32.2. The molecule has 0 radical (unpaired) electrons. The van der Waals surface area contributed by atoms with Crippen molar-refractivity contribution in [2.45, 2.75) is 23.2 Å². The van der Waals surface area contributed by atoms with Gasteiger partial charge in [-0.25, -0.2) is 9.55 Å². The zero-order chi connectivity index (χ0) is 26.0. The molecule has 36 heavy (non-hydrogen) atoms. The van der Waals surface area contributed by atoms with Crippen LogP contribution in [0, 0.1) is 0 Å². The molecule has 4 rings (SSSR count). The summed E-state index contributed by atoms with van der Waals surface area (Å²) in [4.78, 5) is 51.2. The number of fused-ring (bicyclic) bond motifs is 1. The number of carboxylic acids is 1. The fraction of sp³-hybridized carbons (Fsp3) is 0.316. The van der Waals surface area contributed by atoms with Crippen molar-refractivity contribution >= 4 is 75.6 Å². The topological polar surface area (TPSA) is 219 Å². The van der Waals surface area contributed by atoms with Crippen molar-refractivity contribution in [3.05, 3.63) is 28.4 Å². The Morgan fingerprint density at radius 1 is 1.42 bits per heavy atom. The minimum atomic E-state index is -1.48. The van der Waals surface area contributed by atoms with E-state index in [2.05, 4.69) is 20.4 Å². The number of rotatable bonds is 9. The number of nitrogen functional groups attached to an aromatic ring is 3. The van der Waals surface area contributed by atoms with Crippen molar-refractivity contribution in [1.82, 2.24) is 20.2 Å². The summed E-state index contributed by atoms with van der Waals surface area (Å²) in [6.07, 6.45) is 0.890. The van der Waals surface area contributed by atoms with E-state index in [1.165, 1.54) is 40.9 Å². The van der Waals surface area contributed by atoms with Gasteiger partial charge in [0.2, 0.25) is 11.6 Å². The van der Waals surface area contributed by atoms with Crippen LogP contribution in [0.1, 0.15) is 5.69 Å². The van der Waals surface area contributed by atoms with Crippen molar-refractivity contribution in [3.63, 3.8) is 0 Å². The molecule has 2 unspecified atom stereocenters. The average Bonchev–Trinajstić information content (AvgIpc) is 3.25. The third-order valence-corrected chi connectivity index (χ3v) is 8.31. The van der Waals surface area contributed by atoms with E-state index in [4.69, 9.17) is 22.0 Å². The number of thiazole rings is 1. The van der Waals surface area contributed by atoms with Gasteiger partial charge in [0.05, 0.1) is 30.5 Å². The van der Waals surface area contributed by atoms with Gasteiger partial charge >= 0.3 is 5.16 Å². The van der Waals surface area contributed by atoms with Gasteiger partial charge in [-0.3, -0.25) is 14.5 Å². The maximum atomic E-state index is 12.7. The molecule has 1 saturated heterocycles. The Labute approximate surface area is 216 Å². The summed E-state index contributed by atoms with van der Waals surface area (Å²) in [5.41, 5.74) is 18.0. The summed E-state index contributed by atoms with van der Waals surface area (Å²) in [5.74, 6) is -1.53. The highest BCUT2D eigenvalue weighted by molar-refractivity contribution is 8.01. The monoisotopic (exact) mass is 551 g/mol. The number of hydrogen-bond donors (Lipinski definition) is 4. The molecule has 14 nitrogen and oxygen atoms in total. The second kappa shape index (κ2) is 10.6. The lowest BCUT2D eigenvalue weighted by Crippen LogP contribution is -2.71. The third kappa shape index (κ3) is 5.31. The maximum absolute atomic E-state index is 12.7. The van der Waals surface area contributed by atoms with Gasteiger partial charge in [0.1, 0.15) is 17.6 Å². The highest BCUT2D eigenvalue weighted by Gasteiger charge is 2.52. The first kappa shape index (κ1) is 25.5. The fourth-order valence-corrected chi connectivity index (χ4v) is 6.44. The van der Waals surface area contributed by atoms with E-state index in [0.717, 1.165) is 11.1 Å². The number of nitrogens with zero attached hydrogens (tertiary/aromatic N) is 5. The van der Waals surface area contributed by atoms with E-state index in [1.807, 2.05) is 0 Å². The number of nitrogens with one attached hydrogen (secondary N) is 1. The van der Waals surface area contributed by atoms with Gasteiger partial charge in [0.25, 0.3) is 11.8 Å². The Morgan fingerprint density at radius 2 is 2.19 bits per heavy atom. The maximum Gasteiger partial charge on any atom is 0.301 e. The average molecular weight is 552 g/mol. The molecule has 0 bridgehead atoms. The molecule has 7 N–H and O–H groups in total. The van der Waals surface area contributed by atoms with Gasteiger partial charge in [0, 0.05) is 16.9 Å². The van der Waals surface area contributed by atoms with E-state index in [0.29, 0.717) is 33.1 Å². The number of aromatic nitrogens is 3. The molecule has 1 fully saturated rings. The predicted molar refractivity (Wildman–Crippen MR) is 132 cm³/mol. The number of carboxylic acid groups (broad SMARTS) is 1. The first-order valence-corrected chi connectivity index (χ1v) is 13.2. The van der Waals surface area contributed by atoms with Gasteiger partial charge in [-0.2, -0.15) is 0 Å². The lowest BCUT2D eigenvalue weighted by molar-refractivity contribution is -0.698. The third-order valence-electron chi connectivity index (χ3n) is 5.14. The zero-order valence-electron chi connectivity index (χ0n) is 18.7. The van der Waals surface area contributed by atoms with E-state index >= 15 is 0 Å². The van der Waals surface area contributed by atoms with E-state index in [9.17, 15) is 19.5 Å². The molecule has 2 aromatic heterocycles. The van der Waals surface area contributed by atoms with Crippen molar-refractivity contribution < 1.29 is 28.9 Å². The zero-order valence-corrected chi connectivity index (χ0v) is 21.2. The fourth-order valence-electron chi connectivity index (χ4n) is 3.41. The largest absolute Gasteiger partial charge is 0.543 e. The number of oxime groups is 1. The summed E-state index contributed by atoms with van der Waals surface area (Å²) < 4.78 is 1.62. The second-order valence-corrected chi connectivity index (χ2v) is 10.5. The van der Waals surface area contributed by atoms with E-state index in [1.54, 1.807) is 17.0 Å². The first-order chi connectivity index (χ1) is 17.2. The summed E-state index contributed by atoms with van der Waals surface area (Å²) in [6.45, 7) is 0.0301. The quantitative estimate of drug-likeness (QED) is 0.0652. The molecule has 2 aromatic rings. The number of hydrogen-bond acceptors (Lipinski definition) is 14. The lowest BCUT2D eigenvalue weighted by atomic mass is 10.0. The Morgan fingerprint density at radius 3 is 2.89 bits per heavy atom. The van der Waals surface area contributed by atoms with Gasteiger partial charge in [0.15, 0.2) is 11.7 Å². The number of amides is 2. The lowest BCUT2D eigenvalue weighted by Gasteiger charge is -2.50. The van der Waals surface area contributed by atoms with Gasteiger partial charge in [-0.15, -0.1) is 23.1 Å². The molecule has 190 valence electrons. The Hall–Kier alpha value is -3.57. The summed E-state index contributed by atoms with van der Waals surface area (Å²) in [6, 6.07) is 0.599. The molecule has 0 spiro atoms. The number of β-lactam (4-membered cyclic amide) rings is 1. The molecule has 2 aliphatic rings. The molecule has 0 aliphatic carbocycles. The number of carbonyl (C=O) groups is 3. The minimum Gasteiger partial charge on any atom is -0.543 e. The predicted octanol–water partition coefficient (Wildman–Crippen LogP) is -2.19. The van der Waals surface area contributed by atoms with E-state index in [-0.39, 0.29) is 23.9 Å². The van der Waals surface area contributed by atoms with Crippen LogP contribution in [0.15, 0.2) is 33.0 Å². The Balaban J connectivity index is 1.37. The van der Waals surface area contributed by atoms with Crippen LogP contribution in [0.25, 0.3) is 0 Å². The van der Waals surface area contributed by atoms with Gasteiger partial charge < -0.3 is 37.3 Å². The van der Waals surface area contributed by atoms with Crippen molar-refractivity contribution in [2.24, 2.45) is 12.2 Å². The number of thioether (sulfide) groups is 2. The van der Waals surface area contributed by atoms with E-state index < -0.39 is 29.2 Å². The molecular weight excluding hydrogens is 530 g/mol. The van der Waals surface area contributed by atoms with Gasteiger partial charge in [-0.1, -0.05) is 10.1 Å². The summed E-state index contributed by atoms with van der Waals surface area (Å²) in [5, 5.41) is 20.0. The van der Waals surface area contributed by atoms with Crippen LogP contribution in [0.3, 0.4) is 0 Å². The molecule has 2 amide bonds. The smallest absolute Gasteiger partial charge is 0.301 e. The number of nitrogens with two attached hydrogens (primary N) is 3. The molecule has 0 aromatic carbocycles. The van der Waals surface area contributed by atoms with Gasteiger partial charge in [-0.05, 0) is 17.3 Å². The molecule has 4 heterocycles. The highest BCUT2D eigenvalue weighted by Crippen LogP contribution is 2.41. The van der Waals surface area contributed by atoms with Crippen molar-refractivity contribution in [1.29, 1.82) is 0 Å². The molecule has 17 heteroatoms. The Bertz CT molecular complexity index is 1280. The molecule has 2 atom stereocenters. The van der Waals surface area contributed by atoms with Crippen molar-refractivity contribution in [3.8, 4) is 0 Å². The van der Waals surface area contributed by atoms with Crippen molar-refractivity contribution in [2.75, 3.05) is 28.7 Å². The molecule has 2 aliphatic heterocycles. The number of aliphatic carboxylic acids is 1. The second-order valence-electron chi connectivity index (χ2n) is 7.56. The minimum absolute atomic E-state index is 0.0301. The Kier molecular flexibility index (Phi) is 7.51. The van der Waals surface area contributed by atoms with Crippen LogP contribution < -0.4 is 32.2 Å². The van der Waals surface area contributed by atoms with Crippen LogP contribution in [0.5, 0.6) is 0 Å². The SMILES string of the molecule is C[n+]1c(N)cc(N)nc1SCC1=C(C(=O)[O-])N2C(=O)C(NC(=O)/C=N\OCc3csc(N)n3)C2SC1. The van der Waals surface area contributed by atoms with Crippen LogP contribution in [-0.2, 0) is 32.9 Å². The van der Waals surface area contributed by atoms with Crippen LogP contribution in [-0.4, -0.2) is 61.8 Å². The van der Waals surface area contributed by atoms with Crippen LogP contribution in [0.2, 0.25) is 0 Å².